The Labute approximate surface area is 229 Å². The number of halogens is 2. The van der Waals surface area contributed by atoms with Crippen LogP contribution in [-0.2, 0) is 11.3 Å². The minimum atomic E-state index is -0.646. The first-order valence-electron chi connectivity index (χ1n) is 12.1. The van der Waals surface area contributed by atoms with Crippen molar-refractivity contribution in [2.24, 2.45) is 0 Å². The molecule has 0 fully saturated rings. The maximum Gasteiger partial charge on any atom is 0.339 e. The Hall–Kier alpha value is -3.00. The Morgan fingerprint density at radius 1 is 1.11 bits per heavy atom. The van der Waals surface area contributed by atoms with E-state index >= 15 is 4.39 Å². The average Bonchev–Trinajstić information content (AvgIpc) is 3.15. The summed E-state index contributed by atoms with van der Waals surface area (Å²) in [5.41, 5.74) is 1.42. The van der Waals surface area contributed by atoms with Crippen LogP contribution in [0, 0.1) is 5.82 Å². The van der Waals surface area contributed by atoms with Gasteiger partial charge in [0.1, 0.15) is 21.7 Å². The summed E-state index contributed by atoms with van der Waals surface area (Å²) in [5.74, 6) is -0.955. The number of imidazole rings is 1. The van der Waals surface area contributed by atoms with Gasteiger partial charge in [-0.2, -0.15) is 4.98 Å². The highest BCUT2D eigenvalue weighted by molar-refractivity contribution is 9.10. The molecule has 6 nitrogen and oxygen atoms in total. The second-order valence-corrected chi connectivity index (χ2v) is 8.81. The van der Waals surface area contributed by atoms with Crippen molar-refractivity contribution in [3.8, 4) is 17.1 Å². The number of carbonyl (C=O) groups is 2. The summed E-state index contributed by atoms with van der Waals surface area (Å²) < 4.78 is 27.9. The second-order valence-electron chi connectivity index (χ2n) is 8.06. The predicted molar refractivity (Wildman–Crippen MR) is 152 cm³/mol. The maximum atomic E-state index is 15.1. The molecule has 0 spiro atoms. The Morgan fingerprint density at radius 2 is 1.73 bits per heavy atom. The third kappa shape index (κ3) is 9.11. The molecule has 2 aromatic carbocycles. The van der Waals surface area contributed by atoms with Crippen LogP contribution in [-0.4, -0.2) is 34.0 Å². The molecular weight excluding hydrogens is 539 g/mol. The van der Waals surface area contributed by atoms with Crippen LogP contribution in [0.4, 0.5) is 4.39 Å². The number of hydrogen-bond acceptors (Lipinski definition) is 5. The van der Waals surface area contributed by atoms with Crippen molar-refractivity contribution in [1.82, 2.24) is 9.55 Å². The van der Waals surface area contributed by atoms with Gasteiger partial charge >= 0.3 is 5.97 Å². The first kappa shape index (κ1) is 34.0. The van der Waals surface area contributed by atoms with Gasteiger partial charge in [-0.05, 0) is 66.9 Å². The summed E-state index contributed by atoms with van der Waals surface area (Å²) in [6.45, 7) is 15.6. The summed E-state index contributed by atoms with van der Waals surface area (Å²) in [5, 5.41) is 0. The van der Waals surface area contributed by atoms with E-state index in [9.17, 15) is 9.59 Å². The molecule has 0 amide bonds. The molecule has 3 aromatic rings. The number of rotatable bonds is 7. The lowest BCUT2D eigenvalue weighted by Crippen LogP contribution is -2.24. The van der Waals surface area contributed by atoms with E-state index in [0.717, 1.165) is 0 Å². The van der Waals surface area contributed by atoms with Gasteiger partial charge in [0, 0.05) is 5.56 Å². The lowest BCUT2D eigenvalue weighted by Gasteiger charge is -2.20. The monoisotopic (exact) mass is 578 g/mol. The summed E-state index contributed by atoms with van der Waals surface area (Å²) >= 11 is 3.23. The first-order chi connectivity index (χ1) is 17.1. The van der Waals surface area contributed by atoms with E-state index in [0.29, 0.717) is 39.8 Å². The van der Waals surface area contributed by atoms with Crippen LogP contribution < -0.4 is 4.74 Å². The van der Waals surface area contributed by atoms with E-state index in [4.69, 9.17) is 9.47 Å². The van der Waals surface area contributed by atoms with E-state index in [2.05, 4.69) is 20.9 Å². The zero-order chi connectivity index (χ0) is 27.5. The van der Waals surface area contributed by atoms with Crippen molar-refractivity contribution in [1.29, 1.82) is 0 Å². The summed E-state index contributed by atoms with van der Waals surface area (Å²) in [6.07, 6.45) is 0.642. The standard InChI is InChI=1S/C24H24BrFN2O4.2C2H6.CH4/c1-5-31-23-27-21(25)20(14-29)28(23)13-16-11-10-15(12-19(16)26)17-8-6-7-9-18(17)22(30)32-24(2,3)4;2*1-2;/h6-12,14H,5,13H2,1-4H3;2*1-2H3;1H4. The number of benzene rings is 2. The Bertz CT molecular complexity index is 1150. The lowest BCUT2D eigenvalue weighted by atomic mass is 9.98. The molecule has 0 aliphatic heterocycles. The topological polar surface area (TPSA) is 70.4 Å². The molecule has 1 heterocycles. The van der Waals surface area contributed by atoms with Crippen LogP contribution in [0.1, 0.15) is 89.2 Å². The number of ether oxygens (including phenoxy) is 2. The molecule has 204 valence electrons. The zero-order valence-electron chi connectivity index (χ0n) is 22.3. The molecule has 0 aliphatic rings. The fourth-order valence-electron chi connectivity index (χ4n) is 3.18. The minimum Gasteiger partial charge on any atom is -0.465 e. The summed E-state index contributed by atoms with van der Waals surface area (Å²) in [4.78, 5) is 28.3. The Kier molecular flexibility index (Phi) is 14.7. The van der Waals surface area contributed by atoms with Gasteiger partial charge in [0.2, 0.25) is 0 Å². The fourth-order valence-corrected chi connectivity index (χ4v) is 3.64. The molecule has 0 N–H and O–H groups in total. The lowest BCUT2D eigenvalue weighted by molar-refractivity contribution is 0.00703. The number of hydrogen-bond donors (Lipinski definition) is 0. The van der Waals surface area contributed by atoms with Crippen molar-refractivity contribution in [3.05, 3.63) is 69.7 Å². The second kappa shape index (κ2) is 16.0. The first-order valence-corrected chi connectivity index (χ1v) is 12.9. The van der Waals surface area contributed by atoms with Crippen LogP contribution in [0.3, 0.4) is 0 Å². The van der Waals surface area contributed by atoms with Gasteiger partial charge in [0.25, 0.3) is 6.01 Å². The van der Waals surface area contributed by atoms with Crippen molar-refractivity contribution in [2.75, 3.05) is 6.61 Å². The maximum absolute atomic E-state index is 15.1. The van der Waals surface area contributed by atoms with Gasteiger partial charge in [0.15, 0.2) is 6.29 Å². The van der Waals surface area contributed by atoms with Gasteiger partial charge < -0.3 is 9.47 Å². The predicted octanol–water partition coefficient (Wildman–Crippen LogP) is 8.36. The average molecular weight is 580 g/mol. The number of aromatic nitrogens is 2. The van der Waals surface area contributed by atoms with Gasteiger partial charge in [-0.25, -0.2) is 9.18 Å². The van der Waals surface area contributed by atoms with Crippen LogP contribution in [0.15, 0.2) is 47.1 Å². The van der Waals surface area contributed by atoms with Crippen molar-refractivity contribution < 1.29 is 23.5 Å². The number of esters is 1. The smallest absolute Gasteiger partial charge is 0.339 e. The SMILES string of the molecule is C.CC.CC.CCOc1nc(Br)c(C=O)n1Cc1ccc(-c2ccccc2C(=O)OC(C)(C)C)cc1F. The van der Waals surface area contributed by atoms with Gasteiger partial charge in [0.05, 0.1) is 18.7 Å². The number of aldehydes is 1. The molecule has 1 aromatic heterocycles. The molecular formula is C29H40BrFN2O4. The van der Waals surface area contributed by atoms with Crippen LogP contribution in [0.2, 0.25) is 0 Å². The Balaban J connectivity index is 0.00000247. The zero-order valence-corrected chi connectivity index (χ0v) is 23.9. The molecule has 0 atom stereocenters. The van der Waals surface area contributed by atoms with E-state index in [1.54, 1.807) is 64.1 Å². The largest absolute Gasteiger partial charge is 0.465 e. The molecule has 0 aliphatic carbocycles. The van der Waals surface area contributed by atoms with Crippen molar-refractivity contribution in [2.45, 2.75) is 75.0 Å². The van der Waals surface area contributed by atoms with Gasteiger partial charge in [-0.1, -0.05) is 65.5 Å². The molecule has 0 radical (unpaired) electrons. The van der Waals surface area contributed by atoms with E-state index in [-0.39, 0.29) is 25.7 Å². The van der Waals surface area contributed by atoms with E-state index < -0.39 is 17.4 Å². The number of nitrogens with zero attached hydrogens (tertiary/aromatic N) is 2. The fraction of sp³-hybridized carbons (Fsp3) is 0.414. The molecule has 0 bridgehead atoms. The highest BCUT2D eigenvalue weighted by Gasteiger charge is 2.22. The summed E-state index contributed by atoms with van der Waals surface area (Å²) in [6, 6.07) is 11.9. The molecule has 3 rings (SSSR count). The van der Waals surface area contributed by atoms with Crippen LogP contribution in [0.5, 0.6) is 6.01 Å². The molecule has 8 heteroatoms. The summed E-state index contributed by atoms with van der Waals surface area (Å²) in [7, 11) is 0. The van der Waals surface area contributed by atoms with Gasteiger partial charge in [-0.15, -0.1) is 0 Å². The van der Waals surface area contributed by atoms with Gasteiger partial charge in [-0.3, -0.25) is 9.36 Å². The molecule has 0 saturated carbocycles. The quantitative estimate of drug-likeness (QED) is 0.208. The van der Waals surface area contributed by atoms with Crippen molar-refractivity contribution >= 4 is 28.2 Å². The normalized spacial score (nSPS) is 10.1. The van der Waals surface area contributed by atoms with E-state index in [1.165, 1.54) is 10.6 Å². The highest BCUT2D eigenvalue weighted by atomic mass is 79.9. The highest BCUT2D eigenvalue weighted by Crippen LogP contribution is 2.29. The van der Waals surface area contributed by atoms with Crippen LogP contribution in [0.25, 0.3) is 11.1 Å². The molecule has 0 unspecified atom stereocenters. The molecule has 37 heavy (non-hydrogen) atoms. The number of carbonyl (C=O) groups excluding carboxylic acids is 2. The van der Waals surface area contributed by atoms with Crippen LogP contribution >= 0.6 is 15.9 Å². The minimum absolute atomic E-state index is 0. The third-order valence-electron chi connectivity index (χ3n) is 4.55. The Morgan fingerprint density at radius 3 is 2.27 bits per heavy atom. The third-order valence-corrected chi connectivity index (χ3v) is 5.13. The molecule has 0 saturated heterocycles. The van der Waals surface area contributed by atoms with E-state index in [1.807, 2.05) is 27.7 Å². The van der Waals surface area contributed by atoms with Crippen molar-refractivity contribution in [3.63, 3.8) is 0 Å².